The minimum Gasteiger partial charge on any atom is -0.299 e. The van der Waals surface area contributed by atoms with Gasteiger partial charge in [-0.2, -0.15) is 0 Å². The molecule has 1 unspecified atom stereocenters. The molecule has 1 aromatic rings. The molecule has 4 nitrogen and oxygen atoms in total. The summed E-state index contributed by atoms with van der Waals surface area (Å²) in [5, 5.41) is 3.01. The molecule has 0 spiro atoms. The average molecular weight is 226 g/mol. The van der Waals surface area contributed by atoms with Crippen LogP contribution in [0.15, 0.2) is 24.3 Å². The second-order valence-corrected chi connectivity index (χ2v) is 5.56. The number of sulfonamides is 1. The van der Waals surface area contributed by atoms with E-state index in [0.717, 1.165) is 17.7 Å². The Bertz CT molecular complexity index is 470. The van der Waals surface area contributed by atoms with Gasteiger partial charge in [0.2, 0.25) is 10.0 Å². The topological polar surface area (TPSA) is 49.4 Å². The van der Waals surface area contributed by atoms with Gasteiger partial charge in [0.1, 0.15) is 0 Å². The van der Waals surface area contributed by atoms with E-state index in [1.54, 1.807) is 7.05 Å². The summed E-state index contributed by atoms with van der Waals surface area (Å²) in [6.07, 6.45) is 1.80. The summed E-state index contributed by atoms with van der Waals surface area (Å²) in [6, 6.07) is 7.59. The summed E-state index contributed by atoms with van der Waals surface area (Å²) >= 11 is 0. The van der Waals surface area contributed by atoms with E-state index in [-0.39, 0.29) is 6.17 Å². The van der Waals surface area contributed by atoms with Crippen molar-refractivity contribution < 1.29 is 8.42 Å². The molecule has 0 radical (unpaired) electrons. The van der Waals surface area contributed by atoms with Gasteiger partial charge in [-0.25, -0.2) is 8.42 Å². The van der Waals surface area contributed by atoms with Crippen molar-refractivity contribution in [2.75, 3.05) is 17.6 Å². The van der Waals surface area contributed by atoms with Gasteiger partial charge in [-0.15, -0.1) is 0 Å². The number of hydrogen-bond donors (Lipinski definition) is 1. The fourth-order valence-electron chi connectivity index (χ4n) is 1.99. The maximum absolute atomic E-state index is 11.7. The Morgan fingerprint density at radius 2 is 2.07 bits per heavy atom. The molecule has 0 saturated heterocycles. The molecule has 5 heteroatoms. The van der Waals surface area contributed by atoms with Crippen LogP contribution in [-0.4, -0.2) is 27.9 Å². The number of para-hydroxylation sites is 1. The van der Waals surface area contributed by atoms with E-state index in [4.69, 9.17) is 0 Å². The van der Waals surface area contributed by atoms with Gasteiger partial charge in [-0.1, -0.05) is 18.2 Å². The normalized spacial score (nSPS) is 20.4. The summed E-state index contributed by atoms with van der Waals surface area (Å²) in [4.78, 5) is 0. The Hall–Kier alpha value is -1.07. The van der Waals surface area contributed by atoms with Gasteiger partial charge in [0.15, 0.2) is 0 Å². The minimum atomic E-state index is -3.21. The summed E-state index contributed by atoms with van der Waals surface area (Å²) in [7, 11) is -1.43. The second-order valence-electron chi connectivity index (χ2n) is 3.70. The molecule has 82 valence electrons. The molecule has 1 N–H and O–H groups in total. The molecule has 1 aromatic carbocycles. The quantitative estimate of drug-likeness (QED) is 0.801. The van der Waals surface area contributed by atoms with E-state index in [1.807, 2.05) is 24.3 Å². The molecule has 0 amide bonds. The predicted octanol–water partition coefficient (Wildman–Crippen LogP) is 0.554. The van der Waals surface area contributed by atoms with Gasteiger partial charge < -0.3 is 0 Å². The standard InChI is InChI=1S/C10H14N2O2S/c1-11-10-7-8-5-3-4-6-9(8)12(10)15(2,13)14/h3-6,10-11H,7H2,1-2H3. The molecular weight excluding hydrogens is 212 g/mol. The summed E-state index contributed by atoms with van der Waals surface area (Å²) in [5.74, 6) is 0. The Labute approximate surface area is 90.0 Å². The Morgan fingerprint density at radius 3 is 2.67 bits per heavy atom. The molecule has 15 heavy (non-hydrogen) atoms. The second kappa shape index (κ2) is 3.50. The summed E-state index contributed by atoms with van der Waals surface area (Å²) in [5.41, 5.74) is 1.86. The zero-order valence-electron chi connectivity index (χ0n) is 8.77. The highest BCUT2D eigenvalue weighted by molar-refractivity contribution is 7.92. The molecule has 0 saturated carbocycles. The van der Waals surface area contributed by atoms with Crippen LogP contribution in [0.2, 0.25) is 0 Å². The fraction of sp³-hybridized carbons (Fsp3) is 0.400. The molecule has 1 atom stereocenters. The van der Waals surface area contributed by atoms with Crippen molar-refractivity contribution in [2.24, 2.45) is 0 Å². The third-order valence-corrected chi connectivity index (χ3v) is 3.78. The number of benzene rings is 1. The molecular formula is C10H14N2O2S. The third kappa shape index (κ3) is 1.72. The molecule has 0 fully saturated rings. The van der Waals surface area contributed by atoms with Crippen LogP contribution < -0.4 is 9.62 Å². The van der Waals surface area contributed by atoms with Crippen LogP contribution in [0.5, 0.6) is 0 Å². The van der Waals surface area contributed by atoms with Gasteiger partial charge >= 0.3 is 0 Å². The predicted molar refractivity (Wildman–Crippen MR) is 60.3 cm³/mol. The first kappa shape index (κ1) is 10.4. The lowest BCUT2D eigenvalue weighted by Gasteiger charge is -2.24. The largest absolute Gasteiger partial charge is 0.299 e. The van der Waals surface area contributed by atoms with Gasteiger partial charge in [0.25, 0.3) is 0 Å². The van der Waals surface area contributed by atoms with Gasteiger partial charge in [0, 0.05) is 6.42 Å². The molecule has 1 aliphatic heterocycles. The van der Waals surface area contributed by atoms with Crippen molar-refractivity contribution in [3.63, 3.8) is 0 Å². The van der Waals surface area contributed by atoms with Crippen LogP contribution in [0.3, 0.4) is 0 Å². The Morgan fingerprint density at radius 1 is 1.40 bits per heavy atom. The van der Waals surface area contributed by atoms with Gasteiger partial charge in [-0.3, -0.25) is 9.62 Å². The van der Waals surface area contributed by atoms with E-state index in [0.29, 0.717) is 0 Å². The average Bonchev–Trinajstić information content (AvgIpc) is 2.54. The van der Waals surface area contributed by atoms with E-state index in [1.165, 1.54) is 10.6 Å². The lowest BCUT2D eigenvalue weighted by Crippen LogP contribution is -2.44. The van der Waals surface area contributed by atoms with E-state index >= 15 is 0 Å². The first-order chi connectivity index (χ1) is 7.04. The lowest BCUT2D eigenvalue weighted by molar-refractivity contribution is 0.562. The number of nitrogens with one attached hydrogen (secondary N) is 1. The maximum atomic E-state index is 11.7. The molecule has 0 aliphatic carbocycles. The molecule has 2 rings (SSSR count). The van der Waals surface area contributed by atoms with E-state index in [2.05, 4.69) is 5.32 Å². The summed E-state index contributed by atoms with van der Waals surface area (Å²) < 4.78 is 24.7. The number of nitrogens with zero attached hydrogens (tertiary/aromatic N) is 1. The fourth-order valence-corrected chi connectivity index (χ4v) is 3.16. The van der Waals surface area contributed by atoms with Crippen LogP contribution in [0.25, 0.3) is 0 Å². The first-order valence-electron chi connectivity index (χ1n) is 4.78. The van der Waals surface area contributed by atoms with Crippen LogP contribution in [0, 0.1) is 0 Å². The number of hydrogen-bond acceptors (Lipinski definition) is 3. The highest BCUT2D eigenvalue weighted by atomic mass is 32.2. The Kier molecular flexibility index (Phi) is 2.44. The molecule has 0 aromatic heterocycles. The number of likely N-dealkylation sites (N-methyl/N-ethyl adjacent to an activating group) is 1. The van der Waals surface area contributed by atoms with E-state index < -0.39 is 10.0 Å². The number of anilines is 1. The highest BCUT2D eigenvalue weighted by Gasteiger charge is 2.33. The third-order valence-electron chi connectivity index (χ3n) is 2.62. The summed E-state index contributed by atoms with van der Waals surface area (Å²) in [6.45, 7) is 0. The maximum Gasteiger partial charge on any atom is 0.233 e. The van der Waals surface area contributed by atoms with E-state index in [9.17, 15) is 8.42 Å². The van der Waals surface area contributed by atoms with Crippen molar-refractivity contribution in [1.82, 2.24) is 5.32 Å². The highest BCUT2D eigenvalue weighted by Crippen LogP contribution is 2.32. The molecule has 0 bridgehead atoms. The zero-order chi connectivity index (χ0) is 11.1. The van der Waals surface area contributed by atoms with Gasteiger partial charge in [0.05, 0.1) is 18.1 Å². The van der Waals surface area contributed by atoms with Crippen molar-refractivity contribution in [2.45, 2.75) is 12.6 Å². The van der Waals surface area contributed by atoms with Crippen LogP contribution in [0.4, 0.5) is 5.69 Å². The smallest absolute Gasteiger partial charge is 0.233 e. The zero-order valence-corrected chi connectivity index (χ0v) is 9.58. The monoisotopic (exact) mass is 226 g/mol. The molecule has 1 aliphatic rings. The van der Waals surface area contributed by atoms with Crippen molar-refractivity contribution in [3.8, 4) is 0 Å². The first-order valence-corrected chi connectivity index (χ1v) is 6.63. The van der Waals surface area contributed by atoms with Gasteiger partial charge in [-0.05, 0) is 18.7 Å². The van der Waals surface area contributed by atoms with Crippen molar-refractivity contribution in [3.05, 3.63) is 29.8 Å². The SMILES string of the molecule is CNC1Cc2ccccc2N1S(C)(=O)=O. The van der Waals surface area contributed by atoms with Crippen LogP contribution >= 0.6 is 0 Å². The number of rotatable bonds is 2. The van der Waals surface area contributed by atoms with Crippen molar-refractivity contribution >= 4 is 15.7 Å². The van der Waals surface area contributed by atoms with Crippen molar-refractivity contribution in [1.29, 1.82) is 0 Å². The minimum absolute atomic E-state index is 0.155. The van der Waals surface area contributed by atoms with Crippen LogP contribution in [-0.2, 0) is 16.4 Å². The lowest BCUT2D eigenvalue weighted by atomic mass is 10.1. The number of fused-ring (bicyclic) bond motifs is 1. The Balaban J connectivity index is 2.52. The molecule has 1 heterocycles. The van der Waals surface area contributed by atoms with Crippen LogP contribution in [0.1, 0.15) is 5.56 Å².